The maximum Gasteiger partial charge on any atom is 0.416 e. The Hall–Kier alpha value is -3.53. The molecule has 0 saturated carbocycles. The number of nitrogens with one attached hydrogen (secondary N) is 1. The second-order valence-corrected chi connectivity index (χ2v) is 14.8. The van der Waals surface area contributed by atoms with Crippen LogP contribution in [-0.2, 0) is 30.1 Å². The number of carbonyl (C=O) groups excluding carboxylic acids is 3. The first kappa shape index (κ1) is 40.2. The monoisotopic (exact) mass is 715 g/mol. The number of fused-ring (bicyclic) bond motifs is 2. The normalized spacial score (nSPS) is 26.6. The highest BCUT2D eigenvalue weighted by molar-refractivity contribution is 6.56. The molecule has 282 valence electrons. The molecule has 3 heterocycles. The van der Waals surface area contributed by atoms with Crippen molar-refractivity contribution in [1.29, 1.82) is 0 Å². The summed E-state index contributed by atoms with van der Waals surface area (Å²) < 4.78 is 41.0. The molecule has 1 fully saturated rings. The Balaban J connectivity index is 1.54. The van der Waals surface area contributed by atoms with Crippen LogP contribution in [0.3, 0.4) is 0 Å². The Kier molecular flexibility index (Phi) is 13.7. The number of methoxy groups -OCH3 is 1. The Morgan fingerprint density at radius 3 is 2.57 bits per heavy atom. The van der Waals surface area contributed by atoms with Crippen LogP contribution in [0.15, 0.2) is 24.5 Å². The fourth-order valence-corrected chi connectivity index (χ4v) is 6.31. The maximum atomic E-state index is 13.8. The number of aliphatic hydroxyl groups excluding tert-OH is 1. The van der Waals surface area contributed by atoms with E-state index in [1.165, 1.54) is 16.9 Å². The van der Waals surface area contributed by atoms with E-state index in [0.29, 0.717) is 43.4 Å². The third kappa shape index (κ3) is 11.2. The molecule has 0 aliphatic carbocycles. The highest BCUT2D eigenvalue weighted by Crippen LogP contribution is 2.36. The third-order valence-corrected chi connectivity index (χ3v) is 9.04. The van der Waals surface area contributed by atoms with Crippen molar-refractivity contribution < 1.29 is 52.6 Å². The number of esters is 1. The van der Waals surface area contributed by atoms with Gasteiger partial charge in [-0.2, -0.15) is 0 Å². The molecule has 0 aromatic heterocycles. The fourth-order valence-electron chi connectivity index (χ4n) is 6.31. The van der Waals surface area contributed by atoms with Crippen LogP contribution in [0.4, 0.5) is 9.59 Å². The molecule has 3 aliphatic rings. The number of amides is 2. The van der Waals surface area contributed by atoms with E-state index in [-0.39, 0.29) is 49.8 Å². The average Bonchev–Trinajstić information content (AvgIpc) is 3.63. The van der Waals surface area contributed by atoms with Crippen molar-refractivity contribution in [3.05, 3.63) is 35.7 Å². The zero-order chi connectivity index (χ0) is 37.5. The maximum absolute atomic E-state index is 13.8. The zero-order valence-electron chi connectivity index (χ0n) is 31.1. The summed E-state index contributed by atoms with van der Waals surface area (Å²) in [6.07, 6.45) is 2.70. The quantitative estimate of drug-likeness (QED) is 0.211. The van der Waals surface area contributed by atoms with Crippen molar-refractivity contribution >= 4 is 25.7 Å². The number of aryl methyl sites for hydroxylation is 1. The average molecular weight is 716 g/mol. The van der Waals surface area contributed by atoms with E-state index in [0.717, 1.165) is 0 Å². The number of nitrogens with zero attached hydrogens (tertiary/aromatic N) is 2. The van der Waals surface area contributed by atoms with Gasteiger partial charge in [-0.1, -0.05) is 6.92 Å². The third-order valence-electron chi connectivity index (χ3n) is 9.04. The Bertz CT molecular complexity index is 1400. The molecule has 1 aromatic rings. The predicted octanol–water partition coefficient (Wildman–Crippen LogP) is 4.46. The smallest absolute Gasteiger partial charge is 0.416 e. The first-order valence-corrected chi connectivity index (χ1v) is 17.6. The van der Waals surface area contributed by atoms with Gasteiger partial charge in [-0.3, -0.25) is 9.69 Å². The molecule has 4 rings (SSSR count). The molecular weight excluding hydrogens is 661 g/mol. The van der Waals surface area contributed by atoms with Crippen molar-refractivity contribution in [2.24, 2.45) is 5.92 Å². The van der Waals surface area contributed by atoms with Crippen molar-refractivity contribution in [2.45, 2.75) is 123 Å². The van der Waals surface area contributed by atoms with E-state index in [4.69, 9.17) is 41.0 Å². The summed E-state index contributed by atoms with van der Waals surface area (Å²) in [7, 11) is 7.20. The lowest BCUT2D eigenvalue weighted by Crippen LogP contribution is -2.50. The van der Waals surface area contributed by atoms with Crippen LogP contribution in [0.5, 0.6) is 11.5 Å². The first-order valence-electron chi connectivity index (χ1n) is 17.6. The van der Waals surface area contributed by atoms with E-state index in [9.17, 15) is 19.5 Å². The van der Waals surface area contributed by atoms with Gasteiger partial charge in [0.1, 0.15) is 47.6 Å². The van der Waals surface area contributed by atoms with Gasteiger partial charge in [0.25, 0.3) is 0 Å². The summed E-state index contributed by atoms with van der Waals surface area (Å²) in [6.45, 7) is 12.9. The highest BCUT2D eigenvalue weighted by Gasteiger charge is 2.44. The molecule has 51 heavy (non-hydrogen) atoms. The molecule has 3 aliphatic heterocycles. The van der Waals surface area contributed by atoms with Gasteiger partial charge in [0.05, 0.1) is 25.3 Å². The standard InChI is InChI=1S/C36H54BN3O11/c1-22-12-13-26(41)31-27(49-36(6,7)50-31)11-9-10-24-18-25(19-28(47-21-45-8)30(24)32(42)48-23(22)2)46-17-16-39(33(37)43)20-29-38-14-15-40(29)34(44)51-35(3,4)5/h14-15,18-19,22-23,26-27,29,31,38,41H,9-13,16-17,20-21H2,1-8H3/t22-,23?,26?,27?,29?,31?/m1/s1. The minimum Gasteiger partial charge on any atom is -0.492 e. The summed E-state index contributed by atoms with van der Waals surface area (Å²) in [5.74, 6) is -1.48. The number of benzene rings is 1. The minimum atomic E-state index is -0.834. The zero-order valence-corrected chi connectivity index (χ0v) is 31.1. The van der Waals surface area contributed by atoms with E-state index >= 15 is 0 Å². The van der Waals surface area contributed by atoms with E-state index in [1.807, 2.05) is 27.7 Å². The van der Waals surface area contributed by atoms with Gasteiger partial charge in [0.15, 0.2) is 18.4 Å². The molecule has 5 unspecified atom stereocenters. The molecule has 2 radical (unpaired) electrons. The lowest BCUT2D eigenvalue weighted by Gasteiger charge is -2.31. The van der Waals surface area contributed by atoms with Crippen molar-refractivity contribution in [2.75, 3.05) is 33.6 Å². The van der Waals surface area contributed by atoms with Gasteiger partial charge in [0.2, 0.25) is 7.85 Å². The van der Waals surface area contributed by atoms with Crippen LogP contribution in [0.1, 0.15) is 90.1 Å². The molecule has 2 amide bonds. The SMILES string of the molecule is [B]C(=O)N(CCOc1cc2c(c(OCOC)c1)C(=O)OC(C)[C@H](C)CCC(O)C1OC(C)(C)OC1CCC2)CC1NC=CN1C(=O)OC(C)(C)C. The molecule has 0 bridgehead atoms. The second-order valence-electron chi connectivity index (χ2n) is 14.8. The first-order chi connectivity index (χ1) is 24.0. The molecule has 15 heteroatoms. The van der Waals surface area contributed by atoms with Gasteiger partial charge in [0, 0.05) is 25.6 Å². The predicted molar refractivity (Wildman–Crippen MR) is 187 cm³/mol. The van der Waals surface area contributed by atoms with Crippen LogP contribution < -0.4 is 14.8 Å². The van der Waals surface area contributed by atoms with Gasteiger partial charge < -0.3 is 48.5 Å². The van der Waals surface area contributed by atoms with Crippen molar-refractivity contribution in [1.82, 2.24) is 15.1 Å². The van der Waals surface area contributed by atoms with Gasteiger partial charge in [-0.05, 0) is 91.2 Å². The van der Waals surface area contributed by atoms with Crippen LogP contribution in [0.25, 0.3) is 0 Å². The van der Waals surface area contributed by atoms with Crippen LogP contribution in [0.2, 0.25) is 0 Å². The number of aliphatic hydroxyl groups is 1. The van der Waals surface area contributed by atoms with E-state index < -0.39 is 53.7 Å². The summed E-state index contributed by atoms with van der Waals surface area (Å²) in [4.78, 5) is 41.7. The lowest BCUT2D eigenvalue weighted by molar-refractivity contribution is -0.156. The molecule has 2 N–H and O–H groups in total. The molecule has 0 spiro atoms. The van der Waals surface area contributed by atoms with Crippen LogP contribution >= 0.6 is 0 Å². The topological polar surface area (TPSA) is 155 Å². The second kappa shape index (κ2) is 17.3. The minimum absolute atomic E-state index is 0.0406. The summed E-state index contributed by atoms with van der Waals surface area (Å²) >= 11 is 0. The lowest BCUT2D eigenvalue weighted by atomic mass is 9.92. The molecule has 1 aromatic carbocycles. The summed E-state index contributed by atoms with van der Waals surface area (Å²) in [5.41, 5.74) is 0.214. The largest absolute Gasteiger partial charge is 0.492 e. The number of hydrogen-bond acceptors (Lipinski definition) is 12. The summed E-state index contributed by atoms with van der Waals surface area (Å²) in [5, 5.41) is 14.1. The Morgan fingerprint density at radius 1 is 1.14 bits per heavy atom. The number of ether oxygens (including phenoxy) is 7. The van der Waals surface area contributed by atoms with E-state index in [1.54, 1.807) is 45.3 Å². The van der Waals surface area contributed by atoms with E-state index in [2.05, 4.69) is 5.32 Å². The molecular formula is C36H54BN3O11. The van der Waals surface area contributed by atoms with Gasteiger partial charge >= 0.3 is 12.1 Å². The van der Waals surface area contributed by atoms with Crippen LogP contribution in [0, 0.1) is 5.92 Å². The Morgan fingerprint density at radius 2 is 1.88 bits per heavy atom. The molecule has 1 saturated heterocycles. The van der Waals surface area contributed by atoms with Gasteiger partial charge in [-0.15, -0.1) is 0 Å². The number of cyclic esters (lactones) is 1. The van der Waals surface area contributed by atoms with Crippen molar-refractivity contribution in [3.8, 4) is 11.5 Å². The Labute approximate surface area is 302 Å². The van der Waals surface area contributed by atoms with Crippen molar-refractivity contribution in [3.63, 3.8) is 0 Å². The highest BCUT2D eigenvalue weighted by atomic mass is 16.8. The molecule has 6 atom stereocenters. The number of rotatable bonds is 9. The number of hydrogen-bond donors (Lipinski definition) is 2. The fraction of sp³-hybridized carbons (Fsp3) is 0.694. The number of carbonyl (C=O) groups is 3. The summed E-state index contributed by atoms with van der Waals surface area (Å²) in [6, 6.07) is 3.36. The molecule has 14 nitrogen and oxygen atoms in total. The van der Waals surface area contributed by atoms with Gasteiger partial charge in [-0.25, -0.2) is 9.59 Å². The van der Waals surface area contributed by atoms with Crippen LogP contribution in [-0.4, -0.2) is 116 Å².